The summed E-state index contributed by atoms with van der Waals surface area (Å²) in [6.45, 7) is 0.455. The number of oxime groups is 1. The van der Waals surface area contributed by atoms with Crippen LogP contribution in [0.2, 0.25) is 0 Å². The third kappa shape index (κ3) is 2.12. The molecule has 1 fully saturated rings. The van der Waals surface area contributed by atoms with E-state index in [1.165, 1.54) is 6.20 Å². The van der Waals surface area contributed by atoms with Gasteiger partial charge in [0.25, 0.3) is 0 Å². The summed E-state index contributed by atoms with van der Waals surface area (Å²) in [6.07, 6.45) is -0.255. The molecule has 0 saturated carbocycles. The van der Waals surface area contributed by atoms with Gasteiger partial charge in [0.05, 0.1) is 24.0 Å². The van der Waals surface area contributed by atoms with E-state index >= 15 is 0 Å². The number of aromatic nitrogens is 2. The van der Waals surface area contributed by atoms with Gasteiger partial charge < -0.3 is 26.1 Å². The van der Waals surface area contributed by atoms with Crippen molar-refractivity contribution in [2.75, 3.05) is 18.0 Å². The number of rotatable bonds is 2. The van der Waals surface area contributed by atoms with Gasteiger partial charge >= 0.3 is 0 Å². The molecule has 0 radical (unpaired) electrons. The zero-order chi connectivity index (χ0) is 12.4. The van der Waals surface area contributed by atoms with E-state index in [-0.39, 0.29) is 18.9 Å². The lowest BCUT2D eigenvalue weighted by Crippen LogP contribution is -2.27. The molecule has 17 heavy (non-hydrogen) atoms. The minimum absolute atomic E-state index is 0.0919. The predicted octanol–water partition coefficient (Wildman–Crippen LogP) is -1.89. The number of amidine groups is 1. The van der Waals surface area contributed by atoms with Gasteiger partial charge in [-0.3, -0.25) is 0 Å². The maximum atomic E-state index is 9.47. The summed E-state index contributed by atoms with van der Waals surface area (Å²) in [6, 6.07) is 1.55. The maximum Gasteiger partial charge on any atom is 0.173 e. The number of aliphatic hydroxyl groups excluding tert-OH is 2. The number of anilines is 1. The summed E-state index contributed by atoms with van der Waals surface area (Å²) in [4.78, 5) is 1.63. The summed E-state index contributed by atoms with van der Waals surface area (Å²) in [5, 5.41) is 38.1. The van der Waals surface area contributed by atoms with E-state index in [4.69, 9.17) is 10.9 Å². The van der Waals surface area contributed by atoms with Crippen molar-refractivity contribution >= 4 is 11.7 Å². The van der Waals surface area contributed by atoms with E-state index in [1.807, 2.05) is 0 Å². The Labute approximate surface area is 97.0 Å². The molecule has 5 N–H and O–H groups in total. The first-order valence-corrected chi connectivity index (χ1v) is 5.04. The number of hydrogen-bond donors (Lipinski definition) is 4. The monoisotopic (exact) mass is 239 g/mol. The van der Waals surface area contributed by atoms with Crippen molar-refractivity contribution in [2.45, 2.75) is 12.2 Å². The molecule has 1 aliphatic heterocycles. The van der Waals surface area contributed by atoms with Crippen LogP contribution in [0.5, 0.6) is 0 Å². The SMILES string of the molecule is N/C(=N/O)c1ccnnc1N1CC(O)C(O)C1. The Bertz CT molecular complexity index is 428. The van der Waals surface area contributed by atoms with Gasteiger partial charge in [-0.05, 0) is 6.07 Å². The normalized spacial score (nSPS) is 25.3. The number of aliphatic hydroxyl groups is 2. The number of β-amino-alcohol motifs (C(OH)–C–C–N with tert-alkyl or cyclic N) is 2. The molecule has 2 atom stereocenters. The molecule has 92 valence electrons. The number of hydrogen-bond acceptors (Lipinski definition) is 7. The van der Waals surface area contributed by atoms with E-state index in [1.54, 1.807) is 11.0 Å². The molecule has 2 unspecified atom stereocenters. The fourth-order valence-electron chi connectivity index (χ4n) is 1.75. The van der Waals surface area contributed by atoms with Crippen LogP contribution in [0.25, 0.3) is 0 Å². The Morgan fingerprint density at radius 2 is 2.06 bits per heavy atom. The third-order valence-electron chi connectivity index (χ3n) is 2.64. The molecule has 0 amide bonds. The summed E-state index contributed by atoms with van der Waals surface area (Å²) in [7, 11) is 0. The van der Waals surface area contributed by atoms with Gasteiger partial charge in [-0.15, -0.1) is 5.10 Å². The van der Waals surface area contributed by atoms with Gasteiger partial charge in [0, 0.05) is 13.1 Å². The fourth-order valence-corrected chi connectivity index (χ4v) is 1.75. The molecule has 0 spiro atoms. The zero-order valence-electron chi connectivity index (χ0n) is 8.93. The number of nitrogens with zero attached hydrogens (tertiary/aromatic N) is 4. The highest BCUT2D eigenvalue weighted by molar-refractivity contribution is 6.01. The van der Waals surface area contributed by atoms with Crippen LogP contribution in [0, 0.1) is 0 Å². The van der Waals surface area contributed by atoms with Gasteiger partial charge in [-0.1, -0.05) is 5.16 Å². The van der Waals surface area contributed by atoms with E-state index in [9.17, 15) is 10.2 Å². The lowest BCUT2D eigenvalue weighted by atomic mass is 10.2. The highest BCUT2D eigenvalue weighted by Crippen LogP contribution is 2.21. The first-order valence-electron chi connectivity index (χ1n) is 5.04. The minimum Gasteiger partial charge on any atom is -0.409 e. The molecule has 0 bridgehead atoms. The van der Waals surface area contributed by atoms with E-state index in [0.717, 1.165) is 0 Å². The second-order valence-corrected chi connectivity index (χ2v) is 3.79. The van der Waals surface area contributed by atoms with Crippen LogP contribution in [0.1, 0.15) is 5.56 Å². The van der Waals surface area contributed by atoms with Crippen molar-refractivity contribution in [3.05, 3.63) is 17.8 Å². The van der Waals surface area contributed by atoms with Crippen LogP contribution in [0.4, 0.5) is 5.82 Å². The Morgan fingerprint density at radius 3 is 2.65 bits per heavy atom. The van der Waals surface area contributed by atoms with Gasteiger partial charge in [0.1, 0.15) is 0 Å². The third-order valence-corrected chi connectivity index (χ3v) is 2.64. The molecule has 2 rings (SSSR count). The minimum atomic E-state index is -0.836. The van der Waals surface area contributed by atoms with Gasteiger partial charge in [0.2, 0.25) is 0 Å². The average Bonchev–Trinajstić information content (AvgIpc) is 2.68. The molecule has 8 nitrogen and oxygen atoms in total. The van der Waals surface area contributed by atoms with Crippen LogP contribution < -0.4 is 10.6 Å². The standard InChI is InChI=1S/C9H13N5O3/c10-8(13-17)5-1-2-11-12-9(5)14-3-6(15)7(16)4-14/h1-2,6-7,15-17H,3-4H2,(H2,10,13). The second-order valence-electron chi connectivity index (χ2n) is 3.79. The smallest absolute Gasteiger partial charge is 0.173 e. The van der Waals surface area contributed by atoms with E-state index in [2.05, 4.69) is 15.4 Å². The molecule has 8 heteroatoms. The molecule has 0 aliphatic carbocycles. The van der Waals surface area contributed by atoms with E-state index in [0.29, 0.717) is 11.4 Å². The van der Waals surface area contributed by atoms with Crippen molar-refractivity contribution in [1.29, 1.82) is 0 Å². The topological polar surface area (TPSA) is 128 Å². The molecule has 2 heterocycles. The molecule has 0 aromatic carbocycles. The molecule has 1 aromatic rings. The maximum absolute atomic E-state index is 9.47. The van der Waals surface area contributed by atoms with E-state index < -0.39 is 12.2 Å². The Kier molecular flexibility index (Phi) is 3.07. The van der Waals surface area contributed by atoms with Crippen molar-refractivity contribution < 1.29 is 15.4 Å². The Hall–Kier alpha value is -1.93. The highest BCUT2D eigenvalue weighted by Gasteiger charge is 2.32. The van der Waals surface area contributed by atoms with Crippen LogP contribution in [0.15, 0.2) is 17.4 Å². The zero-order valence-corrected chi connectivity index (χ0v) is 8.93. The van der Waals surface area contributed by atoms with Crippen molar-refractivity contribution in [3.8, 4) is 0 Å². The molecule has 1 aliphatic rings. The summed E-state index contributed by atoms with van der Waals surface area (Å²) in [5.74, 6) is 0.282. The van der Waals surface area contributed by atoms with Gasteiger partial charge in [0.15, 0.2) is 11.7 Å². The van der Waals surface area contributed by atoms with Crippen LogP contribution in [-0.2, 0) is 0 Å². The predicted molar refractivity (Wildman–Crippen MR) is 58.8 cm³/mol. The Balaban J connectivity index is 2.33. The quantitative estimate of drug-likeness (QED) is 0.205. The summed E-state index contributed by atoms with van der Waals surface area (Å²) >= 11 is 0. The van der Waals surface area contributed by atoms with Gasteiger partial charge in [-0.2, -0.15) is 5.10 Å². The fraction of sp³-hybridized carbons (Fsp3) is 0.444. The average molecular weight is 239 g/mol. The van der Waals surface area contributed by atoms with Crippen molar-refractivity contribution in [3.63, 3.8) is 0 Å². The summed E-state index contributed by atoms with van der Waals surface area (Å²) < 4.78 is 0. The Morgan fingerprint density at radius 1 is 1.41 bits per heavy atom. The lowest BCUT2D eigenvalue weighted by Gasteiger charge is -2.18. The van der Waals surface area contributed by atoms with Gasteiger partial charge in [-0.25, -0.2) is 0 Å². The molecule has 1 aromatic heterocycles. The van der Waals surface area contributed by atoms with Crippen molar-refractivity contribution in [2.24, 2.45) is 10.9 Å². The molecule has 1 saturated heterocycles. The largest absolute Gasteiger partial charge is 0.409 e. The second kappa shape index (κ2) is 4.52. The van der Waals surface area contributed by atoms with Crippen LogP contribution in [0.3, 0.4) is 0 Å². The summed E-state index contributed by atoms with van der Waals surface area (Å²) in [5.41, 5.74) is 5.92. The molecular weight excluding hydrogens is 226 g/mol. The number of nitrogens with two attached hydrogens (primary N) is 1. The highest BCUT2D eigenvalue weighted by atomic mass is 16.4. The first-order chi connectivity index (χ1) is 8.13. The van der Waals surface area contributed by atoms with Crippen LogP contribution >= 0.6 is 0 Å². The lowest BCUT2D eigenvalue weighted by molar-refractivity contribution is 0.0572. The van der Waals surface area contributed by atoms with Crippen molar-refractivity contribution in [1.82, 2.24) is 10.2 Å². The van der Waals surface area contributed by atoms with Crippen LogP contribution in [-0.4, -0.2) is 56.8 Å². The first kappa shape index (κ1) is 11.6. The molecular formula is C9H13N5O3.